The van der Waals surface area contributed by atoms with E-state index in [9.17, 15) is 9.59 Å². The number of hydrogen-bond acceptors (Lipinski definition) is 8. The summed E-state index contributed by atoms with van der Waals surface area (Å²) in [6.45, 7) is 24.8. The van der Waals surface area contributed by atoms with E-state index in [0.717, 1.165) is 56.8 Å². The van der Waals surface area contributed by atoms with E-state index < -0.39 is 11.2 Å². The lowest BCUT2D eigenvalue weighted by molar-refractivity contribution is 0.0193. The molecular weight excluding hydrogens is 775 g/mol. The van der Waals surface area contributed by atoms with Gasteiger partial charge in [0.2, 0.25) is 0 Å². The maximum absolute atomic E-state index is 12.3. The molecule has 4 heterocycles. The van der Waals surface area contributed by atoms with Crippen molar-refractivity contribution in [1.82, 2.24) is 19.6 Å². The van der Waals surface area contributed by atoms with Crippen molar-refractivity contribution < 1.29 is 28.5 Å². The van der Waals surface area contributed by atoms with Crippen LogP contribution in [0.2, 0.25) is 10.0 Å². The van der Waals surface area contributed by atoms with E-state index in [2.05, 4.69) is 35.8 Å². The Hall–Kier alpha value is -2.92. The lowest BCUT2D eigenvalue weighted by atomic mass is 9.89. The largest absolute Gasteiger partial charge is 0.492 e. The molecule has 4 fully saturated rings. The third-order valence-corrected chi connectivity index (χ3v) is 11.9. The van der Waals surface area contributed by atoms with Gasteiger partial charge in [0.1, 0.15) is 35.4 Å². The molecule has 4 aliphatic heterocycles. The van der Waals surface area contributed by atoms with Crippen molar-refractivity contribution in [2.24, 2.45) is 0 Å². The van der Waals surface area contributed by atoms with Crippen molar-refractivity contribution in [1.29, 1.82) is 0 Å². The van der Waals surface area contributed by atoms with Crippen LogP contribution in [0.15, 0.2) is 36.4 Å². The van der Waals surface area contributed by atoms with Crippen molar-refractivity contribution in [2.75, 3.05) is 65.5 Å². The van der Waals surface area contributed by atoms with Crippen LogP contribution in [-0.4, -0.2) is 121 Å². The summed E-state index contributed by atoms with van der Waals surface area (Å²) in [6, 6.07) is 12.3. The first-order valence-corrected chi connectivity index (χ1v) is 22.5. The highest BCUT2D eigenvalue weighted by molar-refractivity contribution is 6.31. The fraction of sp³-hybridized carbons (Fsp3) is 0.696. The van der Waals surface area contributed by atoms with E-state index in [4.69, 9.17) is 42.1 Å². The maximum Gasteiger partial charge on any atom is 0.410 e. The van der Waals surface area contributed by atoms with Crippen LogP contribution >= 0.6 is 23.2 Å². The first kappa shape index (κ1) is 46.2. The van der Waals surface area contributed by atoms with Crippen LogP contribution in [0, 0.1) is 0 Å². The number of carbonyl (C=O) groups excluding carboxylic acids is 2. The van der Waals surface area contributed by atoms with Crippen LogP contribution in [0.3, 0.4) is 0 Å². The van der Waals surface area contributed by atoms with Crippen LogP contribution in [0.4, 0.5) is 9.59 Å². The smallest absolute Gasteiger partial charge is 0.410 e. The van der Waals surface area contributed by atoms with E-state index in [0.29, 0.717) is 60.7 Å². The number of carbonyl (C=O) groups is 2. The number of ether oxygens (including phenoxy) is 4. The van der Waals surface area contributed by atoms with Gasteiger partial charge in [-0.15, -0.1) is 0 Å². The second-order valence-corrected chi connectivity index (χ2v) is 19.6. The molecule has 0 saturated carbocycles. The lowest BCUT2D eigenvalue weighted by Crippen LogP contribution is -2.41. The molecule has 58 heavy (non-hydrogen) atoms. The molecule has 0 spiro atoms. The van der Waals surface area contributed by atoms with Crippen LogP contribution in [0.5, 0.6) is 11.5 Å². The third kappa shape index (κ3) is 14.4. The van der Waals surface area contributed by atoms with Gasteiger partial charge in [0.15, 0.2) is 0 Å². The molecule has 0 N–H and O–H groups in total. The molecule has 0 aliphatic carbocycles. The maximum atomic E-state index is 12.3. The van der Waals surface area contributed by atoms with Gasteiger partial charge in [0.05, 0.1) is 0 Å². The average Bonchev–Trinajstić information content (AvgIpc) is 3.89. The summed E-state index contributed by atoms with van der Waals surface area (Å²) in [5, 5.41) is 1.40. The van der Waals surface area contributed by atoms with Crippen molar-refractivity contribution in [3.8, 4) is 11.5 Å². The Labute approximate surface area is 358 Å². The minimum Gasteiger partial charge on any atom is -0.492 e. The molecule has 2 unspecified atom stereocenters. The minimum absolute atomic E-state index is 0.118. The third-order valence-electron chi connectivity index (χ3n) is 11.4. The predicted molar refractivity (Wildman–Crippen MR) is 234 cm³/mol. The minimum atomic E-state index is -0.462. The molecule has 2 atom stereocenters. The molecule has 2 aromatic rings. The standard InChI is InChI=1S/2C23H35ClN2O3/c1-17(25-11-5-6-12-25)16-28-21-15-19(24)7-8-20(21)18-9-13-26(14-10-18)22(27)29-23(2,3)4;1-17(16-25-11-5-6-12-25)28-21-15-19(24)7-8-20(21)18-9-13-26(14-10-18)22(27)29-23(2,3)4/h2*7-8,15,17-18H,5-6,9-14,16H2,1-4H3. The van der Waals surface area contributed by atoms with Gasteiger partial charge in [-0.2, -0.15) is 0 Å². The average molecular weight is 846 g/mol. The predicted octanol–water partition coefficient (Wildman–Crippen LogP) is 10.6. The van der Waals surface area contributed by atoms with Gasteiger partial charge in [-0.05, 0) is 180 Å². The zero-order chi connectivity index (χ0) is 42.0. The molecule has 6 rings (SSSR count). The first-order valence-electron chi connectivity index (χ1n) is 21.7. The van der Waals surface area contributed by atoms with Gasteiger partial charge >= 0.3 is 12.2 Å². The zero-order valence-corrected chi connectivity index (χ0v) is 38.0. The molecular formula is C46H70Cl2N4O6. The van der Waals surface area contributed by atoms with E-state index in [1.807, 2.05) is 75.6 Å². The number of likely N-dealkylation sites (tertiary alicyclic amines) is 4. The van der Waals surface area contributed by atoms with E-state index >= 15 is 0 Å². The van der Waals surface area contributed by atoms with Crippen molar-refractivity contribution in [3.05, 3.63) is 57.6 Å². The quantitative estimate of drug-likeness (QED) is 0.234. The van der Waals surface area contributed by atoms with Gasteiger partial charge in [-0.25, -0.2) is 9.59 Å². The van der Waals surface area contributed by atoms with Gasteiger partial charge in [0, 0.05) is 48.8 Å². The van der Waals surface area contributed by atoms with Gasteiger partial charge in [0.25, 0.3) is 0 Å². The summed E-state index contributed by atoms with van der Waals surface area (Å²) in [4.78, 5) is 33.2. The highest BCUT2D eigenvalue weighted by Crippen LogP contribution is 2.38. The van der Waals surface area contributed by atoms with Crippen LogP contribution in [0.25, 0.3) is 0 Å². The highest BCUT2D eigenvalue weighted by Gasteiger charge is 2.31. The van der Waals surface area contributed by atoms with Crippen molar-refractivity contribution in [2.45, 2.75) is 142 Å². The number of halogens is 2. The van der Waals surface area contributed by atoms with Crippen molar-refractivity contribution in [3.63, 3.8) is 0 Å². The summed E-state index contributed by atoms with van der Waals surface area (Å²) in [6.07, 6.45) is 8.41. The van der Waals surface area contributed by atoms with Crippen LogP contribution in [-0.2, 0) is 9.47 Å². The van der Waals surface area contributed by atoms with E-state index in [1.54, 1.807) is 0 Å². The lowest BCUT2D eigenvalue weighted by Gasteiger charge is -2.34. The summed E-state index contributed by atoms with van der Waals surface area (Å²) in [7, 11) is 0. The molecule has 0 bridgehead atoms. The Bertz CT molecular complexity index is 1620. The Balaban J connectivity index is 0.000000221. The summed E-state index contributed by atoms with van der Waals surface area (Å²) < 4.78 is 23.6. The topological polar surface area (TPSA) is 84.0 Å². The number of amides is 2. The number of benzene rings is 2. The molecule has 4 aliphatic rings. The Morgan fingerprint density at radius 3 is 1.55 bits per heavy atom. The molecule has 12 heteroatoms. The second kappa shape index (κ2) is 21.0. The monoisotopic (exact) mass is 844 g/mol. The number of piperidine rings is 2. The van der Waals surface area contributed by atoms with Gasteiger partial charge < -0.3 is 28.7 Å². The summed E-state index contributed by atoms with van der Waals surface area (Å²) >= 11 is 12.5. The molecule has 0 aromatic heterocycles. The number of hydrogen-bond donors (Lipinski definition) is 0. The highest BCUT2D eigenvalue weighted by atomic mass is 35.5. The fourth-order valence-corrected chi connectivity index (χ4v) is 8.72. The Kier molecular flexibility index (Phi) is 16.7. The van der Waals surface area contributed by atoms with Gasteiger partial charge in [-0.1, -0.05) is 35.3 Å². The van der Waals surface area contributed by atoms with Crippen LogP contribution in [0.1, 0.15) is 130 Å². The SMILES string of the molecule is CC(CN1CCCC1)Oc1cc(Cl)ccc1C1CCN(C(=O)OC(C)(C)C)CC1.CC(COc1cc(Cl)ccc1C1CCN(C(=O)OC(C)(C)C)CC1)N1CCCC1. The molecule has 4 saturated heterocycles. The van der Waals surface area contributed by atoms with Gasteiger partial charge in [-0.3, -0.25) is 9.80 Å². The fourth-order valence-electron chi connectivity index (χ4n) is 8.40. The molecule has 324 valence electrons. The molecule has 10 nitrogen and oxygen atoms in total. The van der Waals surface area contributed by atoms with Crippen LogP contribution < -0.4 is 9.47 Å². The summed E-state index contributed by atoms with van der Waals surface area (Å²) in [5.41, 5.74) is 1.48. The molecule has 0 radical (unpaired) electrons. The zero-order valence-electron chi connectivity index (χ0n) is 36.5. The Morgan fingerprint density at radius 1 is 0.655 bits per heavy atom. The molecule has 2 amide bonds. The normalized spacial score (nSPS) is 20.0. The summed E-state index contributed by atoms with van der Waals surface area (Å²) in [5.74, 6) is 2.50. The Morgan fingerprint density at radius 2 is 1.09 bits per heavy atom. The number of rotatable bonds is 10. The molecule has 2 aromatic carbocycles. The van der Waals surface area contributed by atoms with Crippen molar-refractivity contribution >= 4 is 35.4 Å². The second-order valence-electron chi connectivity index (χ2n) is 18.7. The van der Waals surface area contributed by atoms with E-state index in [1.165, 1.54) is 49.9 Å². The van der Waals surface area contributed by atoms with E-state index in [-0.39, 0.29) is 18.3 Å². The first-order chi connectivity index (χ1) is 27.4. The number of nitrogens with zero attached hydrogens (tertiary/aromatic N) is 4.